The molecule has 88 valence electrons. The fourth-order valence-corrected chi connectivity index (χ4v) is 2.30. The number of halogens is 1. The van der Waals surface area contributed by atoms with E-state index in [1.807, 2.05) is 12.1 Å². The number of carbonyl (C=O) groups is 1. The van der Waals surface area contributed by atoms with Crippen LogP contribution >= 0.6 is 27.3 Å². The van der Waals surface area contributed by atoms with Gasteiger partial charge in [0.2, 0.25) is 5.91 Å². The van der Waals surface area contributed by atoms with Crippen LogP contribution in [0, 0.1) is 0 Å². The number of aliphatic hydroxyl groups excluding tert-OH is 2. The lowest BCUT2D eigenvalue weighted by atomic mass is 10.3. The van der Waals surface area contributed by atoms with Crippen LogP contribution in [0.25, 0.3) is 6.08 Å². The van der Waals surface area contributed by atoms with Crippen molar-refractivity contribution < 1.29 is 15.0 Å². The second-order valence-electron chi connectivity index (χ2n) is 3.05. The van der Waals surface area contributed by atoms with Crippen molar-refractivity contribution in [2.75, 3.05) is 13.2 Å². The third-order valence-corrected chi connectivity index (χ3v) is 3.37. The minimum atomic E-state index is -0.604. The highest BCUT2D eigenvalue weighted by atomic mass is 79.9. The minimum absolute atomic E-state index is 0.277. The SMILES string of the molecule is O=C(C=Cc1ccc(Br)s1)NC(CO)CO. The Morgan fingerprint density at radius 1 is 1.50 bits per heavy atom. The van der Waals surface area contributed by atoms with Crippen LogP contribution in [0.15, 0.2) is 22.0 Å². The molecule has 0 saturated carbocycles. The maximum absolute atomic E-state index is 11.3. The van der Waals surface area contributed by atoms with E-state index < -0.39 is 6.04 Å². The zero-order valence-corrected chi connectivity index (χ0v) is 10.8. The molecule has 0 atom stereocenters. The third kappa shape index (κ3) is 4.44. The molecule has 0 unspecified atom stereocenters. The van der Waals surface area contributed by atoms with Gasteiger partial charge in [0.05, 0.1) is 23.0 Å². The van der Waals surface area contributed by atoms with Crippen LogP contribution in [0.3, 0.4) is 0 Å². The molecule has 1 aromatic heterocycles. The average molecular weight is 306 g/mol. The summed E-state index contributed by atoms with van der Waals surface area (Å²) < 4.78 is 0.996. The summed E-state index contributed by atoms with van der Waals surface area (Å²) in [5.74, 6) is -0.336. The van der Waals surface area contributed by atoms with Crippen LogP contribution in [0.2, 0.25) is 0 Å². The van der Waals surface area contributed by atoms with E-state index in [0.717, 1.165) is 8.66 Å². The Bertz CT molecular complexity index is 374. The van der Waals surface area contributed by atoms with Crippen LogP contribution in [-0.4, -0.2) is 35.4 Å². The first kappa shape index (κ1) is 13.4. The predicted octanol–water partition coefficient (Wildman–Crippen LogP) is 0.993. The quantitative estimate of drug-likeness (QED) is 0.711. The van der Waals surface area contributed by atoms with Gasteiger partial charge in [-0.05, 0) is 34.1 Å². The van der Waals surface area contributed by atoms with Gasteiger partial charge in [-0.15, -0.1) is 11.3 Å². The average Bonchev–Trinajstić information content (AvgIpc) is 2.69. The van der Waals surface area contributed by atoms with Crippen molar-refractivity contribution >= 4 is 39.2 Å². The number of hydrogen-bond donors (Lipinski definition) is 3. The van der Waals surface area contributed by atoms with Crippen molar-refractivity contribution in [2.45, 2.75) is 6.04 Å². The van der Waals surface area contributed by atoms with E-state index in [1.165, 1.54) is 17.4 Å². The molecule has 1 rings (SSSR count). The summed E-state index contributed by atoms with van der Waals surface area (Å²) in [7, 11) is 0. The Labute approximate surface area is 106 Å². The van der Waals surface area contributed by atoms with E-state index in [1.54, 1.807) is 6.08 Å². The highest BCUT2D eigenvalue weighted by Gasteiger charge is 2.07. The minimum Gasteiger partial charge on any atom is -0.394 e. The predicted molar refractivity (Wildman–Crippen MR) is 67.2 cm³/mol. The summed E-state index contributed by atoms with van der Waals surface area (Å²) in [6, 6.07) is 3.17. The highest BCUT2D eigenvalue weighted by Crippen LogP contribution is 2.22. The van der Waals surface area contributed by atoms with Gasteiger partial charge in [0.1, 0.15) is 0 Å². The molecular weight excluding hydrogens is 294 g/mol. The molecule has 1 aromatic rings. The lowest BCUT2D eigenvalue weighted by Gasteiger charge is -2.10. The Morgan fingerprint density at radius 3 is 2.69 bits per heavy atom. The molecule has 1 heterocycles. The summed E-state index contributed by atoms with van der Waals surface area (Å²) in [5, 5.41) is 20.0. The van der Waals surface area contributed by atoms with Gasteiger partial charge in [-0.3, -0.25) is 4.79 Å². The molecule has 0 radical (unpaired) electrons. The summed E-state index contributed by atoms with van der Waals surface area (Å²) in [4.78, 5) is 12.3. The summed E-state index contributed by atoms with van der Waals surface area (Å²) in [6.07, 6.45) is 3.05. The molecule has 6 heteroatoms. The van der Waals surface area contributed by atoms with E-state index in [4.69, 9.17) is 10.2 Å². The Balaban J connectivity index is 2.48. The molecule has 0 fully saturated rings. The molecule has 16 heavy (non-hydrogen) atoms. The van der Waals surface area contributed by atoms with Crippen LogP contribution in [-0.2, 0) is 4.79 Å². The lowest BCUT2D eigenvalue weighted by molar-refractivity contribution is -0.117. The molecule has 0 aliphatic heterocycles. The van der Waals surface area contributed by atoms with Crippen LogP contribution in [0.5, 0.6) is 0 Å². The zero-order chi connectivity index (χ0) is 12.0. The number of nitrogens with one attached hydrogen (secondary N) is 1. The first-order valence-electron chi connectivity index (χ1n) is 4.61. The Kier molecular flexibility index (Phi) is 5.68. The van der Waals surface area contributed by atoms with E-state index in [0.29, 0.717) is 0 Å². The number of hydrogen-bond acceptors (Lipinski definition) is 4. The van der Waals surface area contributed by atoms with Crippen molar-refractivity contribution in [3.05, 3.63) is 26.9 Å². The molecule has 4 nitrogen and oxygen atoms in total. The van der Waals surface area contributed by atoms with Gasteiger partial charge < -0.3 is 15.5 Å². The monoisotopic (exact) mass is 305 g/mol. The molecule has 0 aliphatic carbocycles. The van der Waals surface area contributed by atoms with Crippen LogP contribution in [0.4, 0.5) is 0 Å². The fourth-order valence-electron chi connectivity index (χ4n) is 0.974. The first-order chi connectivity index (χ1) is 7.65. The maximum atomic E-state index is 11.3. The largest absolute Gasteiger partial charge is 0.394 e. The van der Waals surface area contributed by atoms with Gasteiger partial charge in [-0.25, -0.2) is 0 Å². The molecule has 0 saturated heterocycles. The topological polar surface area (TPSA) is 69.6 Å². The molecule has 1 amide bonds. The third-order valence-electron chi connectivity index (χ3n) is 1.78. The molecular formula is C10H12BrNO3S. The Hall–Kier alpha value is -0.690. The maximum Gasteiger partial charge on any atom is 0.244 e. The lowest BCUT2D eigenvalue weighted by Crippen LogP contribution is -2.39. The number of aliphatic hydroxyl groups is 2. The molecule has 0 aliphatic rings. The normalized spacial score (nSPS) is 11.2. The second-order valence-corrected chi connectivity index (χ2v) is 5.54. The highest BCUT2D eigenvalue weighted by molar-refractivity contribution is 9.11. The standard InChI is InChI=1S/C10H12BrNO3S/c11-9-3-1-8(16-9)2-4-10(15)12-7(5-13)6-14/h1-4,7,13-14H,5-6H2,(H,12,15). The van der Waals surface area contributed by atoms with E-state index >= 15 is 0 Å². The van der Waals surface area contributed by atoms with Crippen molar-refractivity contribution in [1.82, 2.24) is 5.32 Å². The van der Waals surface area contributed by atoms with Crippen molar-refractivity contribution in [3.8, 4) is 0 Å². The van der Waals surface area contributed by atoms with E-state index in [9.17, 15) is 4.79 Å². The zero-order valence-electron chi connectivity index (χ0n) is 8.39. The van der Waals surface area contributed by atoms with Crippen molar-refractivity contribution in [2.24, 2.45) is 0 Å². The fraction of sp³-hybridized carbons (Fsp3) is 0.300. The molecule has 0 bridgehead atoms. The summed E-state index contributed by atoms with van der Waals surface area (Å²) >= 11 is 4.83. The number of rotatable bonds is 5. The number of thiophene rings is 1. The summed E-state index contributed by atoms with van der Waals surface area (Å²) in [6.45, 7) is -0.554. The molecule has 0 spiro atoms. The smallest absolute Gasteiger partial charge is 0.244 e. The number of carbonyl (C=O) groups excluding carboxylic acids is 1. The number of amides is 1. The van der Waals surface area contributed by atoms with Gasteiger partial charge >= 0.3 is 0 Å². The van der Waals surface area contributed by atoms with Crippen molar-refractivity contribution in [1.29, 1.82) is 0 Å². The van der Waals surface area contributed by atoms with Gasteiger partial charge in [0.25, 0.3) is 0 Å². The van der Waals surface area contributed by atoms with E-state index in [-0.39, 0.29) is 19.1 Å². The van der Waals surface area contributed by atoms with Crippen LogP contribution < -0.4 is 5.32 Å². The Morgan fingerprint density at radius 2 is 2.19 bits per heavy atom. The molecule has 0 aromatic carbocycles. The summed E-state index contributed by atoms with van der Waals surface area (Å²) in [5.41, 5.74) is 0. The van der Waals surface area contributed by atoms with Crippen LogP contribution in [0.1, 0.15) is 4.88 Å². The van der Waals surface area contributed by atoms with Crippen molar-refractivity contribution in [3.63, 3.8) is 0 Å². The van der Waals surface area contributed by atoms with E-state index in [2.05, 4.69) is 21.2 Å². The van der Waals surface area contributed by atoms with Gasteiger partial charge in [-0.2, -0.15) is 0 Å². The van der Waals surface area contributed by atoms with Gasteiger partial charge in [0, 0.05) is 11.0 Å². The first-order valence-corrected chi connectivity index (χ1v) is 6.22. The van der Waals surface area contributed by atoms with Gasteiger partial charge in [0.15, 0.2) is 0 Å². The van der Waals surface area contributed by atoms with Gasteiger partial charge in [-0.1, -0.05) is 0 Å². The second kappa shape index (κ2) is 6.80. The molecule has 3 N–H and O–H groups in total.